The summed E-state index contributed by atoms with van der Waals surface area (Å²) in [7, 11) is 6.71. The summed E-state index contributed by atoms with van der Waals surface area (Å²) in [6.07, 6.45) is 9.71. The molecule has 0 fully saturated rings. The van der Waals surface area contributed by atoms with Gasteiger partial charge in [0.1, 0.15) is 0 Å². The van der Waals surface area contributed by atoms with Gasteiger partial charge in [-0.3, -0.25) is 0 Å². The van der Waals surface area contributed by atoms with Crippen molar-refractivity contribution in [2.75, 3.05) is 28.4 Å². The molecule has 5 nitrogen and oxygen atoms in total. The molecule has 0 aromatic heterocycles. The molecular weight excluding hydrogens is 994 g/mol. The number of halogens is 2. The molecule has 0 aliphatic heterocycles. The van der Waals surface area contributed by atoms with Gasteiger partial charge in [0.2, 0.25) is 0 Å². The van der Waals surface area contributed by atoms with E-state index in [1.54, 1.807) is 28.4 Å². The zero-order chi connectivity index (χ0) is 51.7. The maximum atomic E-state index is 12.5. The summed E-state index contributed by atoms with van der Waals surface area (Å²) in [5, 5.41) is 6.31. The van der Waals surface area contributed by atoms with Crippen LogP contribution in [0.25, 0.3) is 24.3 Å². The van der Waals surface area contributed by atoms with E-state index >= 15 is 0 Å². The summed E-state index contributed by atoms with van der Waals surface area (Å²) in [5.74, 6) is -4.78. The maximum absolute atomic E-state index is 12.5. The van der Waals surface area contributed by atoms with Gasteiger partial charge in [0.05, 0.1) is 0 Å². The van der Waals surface area contributed by atoms with Crippen molar-refractivity contribution in [3.05, 3.63) is 263 Å². The van der Waals surface area contributed by atoms with Crippen LogP contribution in [0.15, 0.2) is 224 Å². The number of hydrogen-bond donors (Lipinski definition) is 0. The topological polar surface area (TPSA) is 54.0 Å². The summed E-state index contributed by atoms with van der Waals surface area (Å²) in [6, 6.07) is 76.2. The zero-order valence-electron chi connectivity index (χ0n) is 41.9. The third-order valence-corrected chi connectivity index (χ3v) is 28.4. The summed E-state index contributed by atoms with van der Waals surface area (Å²) >= 11 is 17.0. The molecule has 0 atom stereocenters. The van der Waals surface area contributed by atoms with E-state index in [2.05, 4.69) is 146 Å². The van der Waals surface area contributed by atoms with Gasteiger partial charge >= 0.3 is 448 Å². The van der Waals surface area contributed by atoms with Gasteiger partial charge in [-0.05, 0) is 0 Å². The molecule has 0 amide bonds. The van der Waals surface area contributed by atoms with Crippen molar-refractivity contribution in [1.82, 2.24) is 0 Å². The van der Waals surface area contributed by atoms with Crippen LogP contribution in [-0.2, 0) is 12.3 Å². The Kier molecular flexibility index (Phi) is 15.4. The molecule has 0 spiro atoms. The van der Waals surface area contributed by atoms with E-state index in [0.29, 0.717) is 40.9 Å². The monoisotopic (exact) mass is 1050 g/mol. The van der Waals surface area contributed by atoms with Crippen LogP contribution in [0, 0.1) is 0 Å². The number of aldehydes is 1. The van der Waals surface area contributed by atoms with Crippen LogP contribution in [0.1, 0.15) is 43.7 Å². The van der Waals surface area contributed by atoms with Crippen LogP contribution in [0.4, 0.5) is 0 Å². The standard InChI is InChI=1S/C65H58Cl2O5P2/c1-69-62-44-54(47-73(66,56-23-11-5-12-24-56,57-25-13-6-14-26-57)58-27-15-7-16-28-58)64(71-3)42-52(62)37-35-49-39-50(41-51(40-49)46-68)36-38-53-43-65(72-4)55(45-63(53)70-2)48-74(67,59-29-17-8-18-30-59,60-31-19-9-20-32-60)61-33-21-10-22-34-61/h5-46H,47-48H2,1-4H3/b37-35+,38-36+. The summed E-state index contributed by atoms with van der Waals surface area (Å²) in [4.78, 5) is 12.5. The second-order valence-electron chi connectivity index (χ2n) is 18.2. The Labute approximate surface area is 445 Å². The molecule has 74 heavy (non-hydrogen) atoms. The molecular formula is C65H58Cl2O5P2. The van der Waals surface area contributed by atoms with E-state index in [1.807, 2.05) is 103 Å². The number of rotatable bonds is 19. The first-order chi connectivity index (χ1) is 36.1. The fourth-order valence-electron chi connectivity index (χ4n) is 10.3. The molecule has 0 saturated carbocycles. The van der Waals surface area contributed by atoms with Crippen LogP contribution in [0.2, 0.25) is 0 Å². The van der Waals surface area contributed by atoms with Gasteiger partial charge in [0, 0.05) is 0 Å². The molecule has 0 unspecified atom stereocenters. The third kappa shape index (κ3) is 9.70. The molecule has 0 aliphatic carbocycles. The molecule has 0 N–H and O–H groups in total. The average molecular weight is 1050 g/mol. The predicted octanol–water partition coefficient (Wildman–Crippen LogP) is 14.2. The second kappa shape index (κ2) is 22.1. The number of ether oxygens (including phenoxy) is 4. The molecule has 372 valence electrons. The molecule has 0 aliphatic rings. The third-order valence-electron chi connectivity index (χ3n) is 14.0. The Morgan fingerprint density at radius 1 is 0.338 bits per heavy atom. The van der Waals surface area contributed by atoms with Crippen molar-refractivity contribution in [1.29, 1.82) is 0 Å². The van der Waals surface area contributed by atoms with Crippen molar-refractivity contribution in [3.8, 4) is 23.0 Å². The molecule has 9 aromatic rings. The van der Waals surface area contributed by atoms with E-state index in [4.69, 9.17) is 41.4 Å². The number of carbonyl (C=O) groups excluding carboxylic acids is 1. The van der Waals surface area contributed by atoms with Gasteiger partial charge in [0.25, 0.3) is 0 Å². The van der Waals surface area contributed by atoms with Gasteiger partial charge in [-0.25, -0.2) is 0 Å². The van der Waals surface area contributed by atoms with E-state index in [9.17, 15) is 4.79 Å². The first kappa shape index (κ1) is 51.7. The van der Waals surface area contributed by atoms with Gasteiger partial charge in [0.15, 0.2) is 0 Å². The fraction of sp³-hybridized carbons (Fsp3) is 0.0923. The normalized spacial score (nSPS) is 12.8. The van der Waals surface area contributed by atoms with Crippen LogP contribution in [0.3, 0.4) is 0 Å². The Balaban J connectivity index is 1.07. The number of benzene rings is 9. The molecule has 0 bridgehead atoms. The van der Waals surface area contributed by atoms with Crippen molar-refractivity contribution in [2.45, 2.75) is 12.3 Å². The van der Waals surface area contributed by atoms with Gasteiger partial charge in [-0.1, -0.05) is 0 Å². The van der Waals surface area contributed by atoms with Crippen molar-refractivity contribution >= 4 is 96.8 Å². The Bertz CT molecular complexity index is 3020. The van der Waals surface area contributed by atoms with Crippen molar-refractivity contribution in [3.63, 3.8) is 0 Å². The van der Waals surface area contributed by atoms with Crippen LogP contribution < -0.4 is 50.8 Å². The molecule has 9 rings (SSSR count). The van der Waals surface area contributed by atoms with E-state index < -0.39 is 11.9 Å². The zero-order valence-corrected chi connectivity index (χ0v) is 45.2. The predicted molar refractivity (Wildman–Crippen MR) is 318 cm³/mol. The van der Waals surface area contributed by atoms with Crippen molar-refractivity contribution < 1.29 is 23.7 Å². The molecule has 0 saturated heterocycles. The second-order valence-corrected chi connectivity index (χ2v) is 31.2. The van der Waals surface area contributed by atoms with Crippen LogP contribution in [-0.4, -0.2) is 34.7 Å². The molecule has 9 aromatic carbocycles. The average Bonchev–Trinajstić information content (AvgIpc) is 3.49. The number of hydrogen-bond acceptors (Lipinski definition) is 5. The van der Waals surface area contributed by atoms with Gasteiger partial charge in [-0.2, -0.15) is 0 Å². The fourth-order valence-corrected chi connectivity index (χ4v) is 22.5. The minimum absolute atomic E-state index is 0.468. The summed E-state index contributed by atoms with van der Waals surface area (Å²) in [5.41, 5.74) is 5.58. The number of carbonyl (C=O) groups is 1. The quantitative estimate of drug-likeness (QED) is 0.0459. The summed E-state index contributed by atoms with van der Waals surface area (Å²) in [6.45, 7) is 0. The van der Waals surface area contributed by atoms with Crippen LogP contribution in [0.5, 0.6) is 23.0 Å². The minimum atomic E-state index is -3.72. The van der Waals surface area contributed by atoms with E-state index in [0.717, 1.165) is 71.5 Å². The Morgan fingerprint density at radius 3 is 0.838 bits per heavy atom. The summed E-state index contributed by atoms with van der Waals surface area (Å²) < 4.78 is 24.6. The first-order valence-corrected chi connectivity index (χ1v) is 31.0. The molecule has 9 heteroatoms. The number of methoxy groups -OCH3 is 4. The van der Waals surface area contributed by atoms with Crippen molar-refractivity contribution in [2.24, 2.45) is 0 Å². The SMILES string of the molecule is COc1cc(CP(Cl)(c2ccccc2)(c2ccccc2)c2ccccc2)c(OC)cc1/C=C/c1cc(C=O)cc(/C=C/c2cc(OC)c(CP(Cl)(c3ccccc3)(c3ccccc3)c3ccccc3)cc2OC)c1. The Morgan fingerprint density at radius 2 is 0.595 bits per heavy atom. The van der Waals surface area contributed by atoms with Crippen LogP contribution >= 0.6 is 34.4 Å². The van der Waals surface area contributed by atoms with Gasteiger partial charge in [-0.15, -0.1) is 0 Å². The Hall–Kier alpha value is -7.23. The van der Waals surface area contributed by atoms with E-state index in [1.165, 1.54) is 0 Å². The molecule has 0 heterocycles. The van der Waals surface area contributed by atoms with Gasteiger partial charge < -0.3 is 0 Å². The van der Waals surface area contributed by atoms with E-state index in [-0.39, 0.29) is 0 Å². The molecule has 0 radical (unpaired) electrons. The first-order valence-electron chi connectivity index (χ1n) is 24.3.